The summed E-state index contributed by atoms with van der Waals surface area (Å²) in [7, 11) is 0. The molecule has 0 radical (unpaired) electrons. The summed E-state index contributed by atoms with van der Waals surface area (Å²) in [5.74, 6) is 0.0245. The Morgan fingerprint density at radius 2 is 1.83 bits per heavy atom. The minimum absolute atomic E-state index is 0.128. The van der Waals surface area contributed by atoms with Crippen LogP contribution in [-0.2, 0) is 11.2 Å². The van der Waals surface area contributed by atoms with E-state index in [1.807, 2.05) is 42.5 Å². The van der Waals surface area contributed by atoms with Crippen molar-refractivity contribution in [2.45, 2.75) is 6.42 Å². The van der Waals surface area contributed by atoms with Crippen molar-refractivity contribution >= 4 is 33.3 Å². The monoisotopic (exact) mass is 317 g/mol. The Labute approximate surface area is 138 Å². The molecule has 4 heteroatoms. The first-order valence-corrected chi connectivity index (χ1v) is 7.67. The molecule has 24 heavy (non-hydrogen) atoms. The smallest absolute Gasteiger partial charge is 0.228 e. The van der Waals surface area contributed by atoms with Gasteiger partial charge < -0.3 is 14.8 Å². The van der Waals surface area contributed by atoms with Gasteiger partial charge in [0.25, 0.3) is 0 Å². The van der Waals surface area contributed by atoms with Crippen LogP contribution in [0.1, 0.15) is 5.56 Å². The molecular weight excluding hydrogens is 302 g/mol. The number of fused-ring (bicyclic) bond motifs is 2. The van der Waals surface area contributed by atoms with E-state index >= 15 is 0 Å². The third kappa shape index (κ3) is 2.70. The van der Waals surface area contributed by atoms with Crippen molar-refractivity contribution < 1.29 is 14.3 Å². The Bertz CT molecular complexity index is 1050. The third-order valence-electron chi connectivity index (χ3n) is 4.02. The Hall–Kier alpha value is -3.27. The van der Waals surface area contributed by atoms with Crippen LogP contribution < -0.4 is 5.32 Å². The number of amides is 1. The number of anilines is 1. The van der Waals surface area contributed by atoms with Gasteiger partial charge in [0.05, 0.1) is 12.7 Å². The number of nitrogens with one attached hydrogen (secondary N) is 1. The molecule has 4 rings (SSSR count). The molecule has 4 nitrogen and oxygen atoms in total. The minimum Gasteiger partial charge on any atom is -0.508 e. The van der Waals surface area contributed by atoms with Gasteiger partial charge in [0.1, 0.15) is 11.3 Å². The molecule has 118 valence electrons. The number of benzene rings is 3. The quantitative estimate of drug-likeness (QED) is 0.586. The number of hydrogen-bond donors (Lipinski definition) is 2. The fourth-order valence-corrected chi connectivity index (χ4v) is 2.85. The van der Waals surface area contributed by atoms with Crippen LogP contribution in [0, 0.1) is 0 Å². The highest BCUT2D eigenvalue weighted by atomic mass is 16.3. The summed E-state index contributed by atoms with van der Waals surface area (Å²) in [6.07, 6.45) is 1.74. The maximum absolute atomic E-state index is 12.3. The van der Waals surface area contributed by atoms with Crippen molar-refractivity contribution in [1.82, 2.24) is 0 Å². The van der Waals surface area contributed by atoms with Crippen LogP contribution >= 0.6 is 0 Å². The zero-order valence-corrected chi connectivity index (χ0v) is 12.8. The fourth-order valence-electron chi connectivity index (χ4n) is 2.85. The van der Waals surface area contributed by atoms with Crippen molar-refractivity contribution in [1.29, 1.82) is 0 Å². The Balaban J connectivity index is 1.55. The third-order valence-corrected chi connectivity index (χ3v) is 4.02. The predicted octanol–water partition coefficient (Wildman–Crippen LogP) is 4.47. The van der Waals surface area contributed by atoms with Gasteiger partial charge in [0.15, 0.2) is 0 Å². The van der Waals surface area contributed by atoms with Crippen LogP contribution in [0.3, 0.4) is 0 Å². The molecule has 1 heterocycles. The molecule has 0 atom stereocenters. The molecule has 0 aliphatic heterocycles. The van der Waals surface area contributed by atoms with Crippen LogP contribution in [0.4, 0.5) is 5.69 Å². The minimum atomic E-state index is -0.128. The number of rotatable bonds is 3. The Morgan fingerprint density at radius 1 is 1.00 bits per heavy atom. The number of carbonyl (C=O) groups excluding carboxylic acids is 1. The number of hydrogen-bond acceptors (Lipinski definition) is 3. The lowest BCUT2D eigenvalue weighted by Gasteiger charge is -2.06. The number of aromatic hydroxyl groups is 1. The Morgan fingerprint density at radius 3 is 2.71 bits per heavy atom. The zero-order chi connectivity index (χ0) is 16.5. The zero-order valence-electron chi connectivity index (χ0n) is 12.8. The molecule has 1 aromatic heterocycles. The highest BCUT2D eigenvalue weighted by Gasteiger charge is 2.11. The largest absolute Gasteiger partial charge is 0.508 e. The molecular formula is C20H15NO3. The molecule has 0 saturated carbocycles. The van der Waals surface area contributed by atoms with Gasteiger partial charge in [0, 0.05) is 16.6 Å². The number of carbonyl (C=O) groups is 1. The molecule has 4 aromatic rings. The highest BCUT2D eigenvalue weighted by molar-refractivity contribution is 5.97. The number of phenols is 1. The second kappa shape index (κ2) is 5.74. The highest BCUT2D eigenvalue weighted by Crippen LogP contribution is 2.26. The van der Waals surface area contributed by atoms with E-state index in [9.17, 15) is 9.90 Å². The topological polar surface area (TPSA) is 62.5 Å². The van der Waals surface area contributed by atoms with Gasteiger partial charge in [-0.1, -0.05) is 30.3 Å². The average molecular weight is 317 g/mol. The lowest BCUT2D eigenvalue weighted by molar-refractivity contribution is -0.115. The first-order valence-electron chi connectivity index (χ1n) is 7.67. The summed E-state index contributed by atoms with van der Waals surface area (Å²) in [6.45, 7) is 0. The van der Waals surface area contributed by atoms with Crippen molar-refractivity contribution in [3.05, 3.63) is 72.5 Å². The molecule has 0 unspecified atom stereocenters. The van der Waals surface area contributed by atoms with E-state index in [1.54, 1.807) is 24.5 Å². The van der Waals surface area contributed by atoms with Crippen LogP contribution in [-0.4, -0.2) is 11.0 Å². The summed E-state index contributed by atoms with van der Waals surface area (Å²) < 4.78 is 5.42. The van der Waals surface area contributed by atoms with Gasteiger partial charge in [-0.25, -0.2) is 0 Å². The van der Waals surface area contributed by atoms with Crippen molar-refractivity contribution in [2.75, 3.05) is 5.32 Å². The summed E-state index contributed by atoms with van der Waals surface area (Å²) in [4.78, 5) is 12.3. The maximum Gasteiger partial charge on any atom is 0.228 e. The van der Waals surface area contributed by atoms with Crippen molar-refractivity contribution in [2.24, 2.45) is 0 Å². The van der Waals surface area contributed by atoms with E-state index in [1.165, 1.54) is 0 Å². The van der Waals surface area contributed by atoms with Gasteiger partial charge >= 0.3 is 0 Å². The second-order valence-electron chi connectivity index (χ2n) is 5.73. The normalized spacial score (nSPS) is 11.0. The van der Waals surface area contributed by atoms with Gasteiger partial charge in [-0.05, 0) is 41.1 Å². The van der Waals surface area contributed by atoms with Crippen LogP contribution in [0.5, 0.6) is 5.75 Å². The first-order chi connectivity index (χ1) is 11.7. The number of phenolic OH excluding ortho intramolecular Hbond substituents is 1. The van der Waals surface area contributed by atoms with E-state index in [4.69, 9.17) is 4.42 Å². The molecule has 0 aliphatic carbocycles. The predicted molar refractivity (Wildman–Crippen MR) is 94.2 cm³/mol. The molecule has 0 bridgehead atoms. The maximum atomic E-state index is 12.3. The number of furan rings is 1. The molecule has 1 amide bonds. The molecule has 0 fully saturated rings. The van der Waals surface area contributed by atoms with Gasteiger partial charge in [0.2, 0.25) is 5.91 Å². The molecule has 0 aliphatic rings. The lowest BCUT2D eigenvalue weighted by atomic mass is 10.1. The van der Waals surface area contributed by atoms with E-state index < -0.39 is 0 Å². The fraction of sp³-hybridized carbons (Fsp3) is 0.0500. The SMILES string of the molecule is O=C(Cc1coc2ccc(O)cc12)Nc1ccc2ccccc2c1. The van der Waals surface area contributed by atoms with E-state index in [0.29, 0.717) is 5.58 Å². The summed E-state index contributed by atoms with van der Waals surface area (Å²) in [5.41, 5.74) is 2.16. The summed E-state index contributed by atoms with van der Waals surface area (Å²) in [6, 6.07) is 18.7. The molecule has 2 N–H and O–H groups in total. The molecule has 0 saturated heterocycles. The molecule has 0 spiro atoms. The van der Waals surface area contributed by atoms with Crippen LogP contribution in [0.25, 0.3) is 21.7 Å². The van der Waals surface area contributed by atoms with Gasteiger partial charge in [-0.15, -0.1) is 0 Å². The lowest BCUT2D eigenvalue weighted by Crippen LogP contribution is -2.14. The Kier molecular flexibility index (Phi) is 3.43. The average Bonchev–Trinajstić information content (AvgIpc) is 2.97. The van der Waals surface area contributed by atoms with Crippen LogP contribution in [0.15, 0.2) is 71.3 Å². The van der Waals surface area contributed by atoms with Gasteiger partial charge in [-0.2, -0.15) is 0 Å². The summed E-state index contributed by atoms with van der Waals surface area (Å²) >= 11 is 0. The van der Waals surface area contributed by atoms with Crippen molar-refractivity contribution in [3.8, 4) is 5.75 Å². The first kappa shape index (κ1) is 14.3. The van der Waals surface area contributed by atoms with E-state index in [2.05, 4.69) is 5.32 Å². The van der Waals surface area contributed by atoms with Crippen LogP contribution in [0.2, 0.25) is 0 Å². The molecule has 3 aromatic carbocycles. The van der Waals surface area contributed by atoms with E-state index in [-0.39, 0.29) is 18.1 Å². The second-order valence-corrected chi connectivity index (χ2v) is 5.73. The van der Waals surface area contributed by atoms with E-state index in [0.717, 1.165) is 27.4 Å². The summed E-state index contributed by atoms with van der Waals surface area (Å²) in [5, 5.41) is 15.5. The van der Waals surface area contributed by atoms with Crippen molar-refractivity contribution in [3.63, 3.8) is 0 Å². The standard InChI is InChI=1S/C20H15NO3/c22-17-7-8-19-18(11-17)15(12-24-19)10-20(23)21-16-6-5-13-3-1-2-4-14(13)9-16/h1-9,11-12,22H,10H2,(H,21,23). The van der Waals surface area contributed by atoms with Gasteiger partial charge in [-0.3, -0.25) is 4.79 Å².